The number of benzene rings is 2. The van der Waals surface area contributed by atoms with Gasteiger partial charge < -0.3 is 20.8 Å². The van der Waals surface area contributed by atoms with Gasteiger partial charge in [0.05, 0.1) is 12.2 Å². The topological polar surface area (TPSA) is 81.6 Å². The van der Waals surface area contributed by atoms with Gasteiger partial charge in [-0.2, -0.15) is 0 Å². The Hall–Kier alpha value is -2.21. The van der Waals surface area contributed by atoms with E-state index in [0.717, 1.165) is 29.7 Å². The molecule has 0 saturated carbocycles. The highest BCUT2D eigenvalue weighted by Crippen LogP contribution is 2.21. The van der Waals surface area contributed by atoms with Crippen molar-refractivity contribution in [3.63, 3.8) is 0 Å². The summed E-state index contributed by atoms with van der Waals surface area (Å²) in [5, 5.41) is 25.6. The molecular weight excluding hydrogens is 316 g/mol. The second-order valence-corrected chi connectivity index (χ2v) is 6.62. The van der Waals surface area contributed by atoms with Gasteiger partial charge >= 0.3 is 0 Å². The van der Waals surface area contributed by atoms with Crippen molar-refractivity contribution in [2.24, 2.45) is 0 Å². The lowest BCUT2D eigenvalue weighted by Crippen LogP contribution is -2.52. The van der Waals surface area contributed by atoms with Gasteiger partial charge in [0.15, 0.2) is 0 Å². The summed E-state index contributed by atoms with van der Waals surface area (Å²) in [6, 6.07) is 15.0. The molecule has 0 aliphatic carbocycles. The zero-order valence-electron chi connectivity index (χ0n) is 14.2. The second-order valence-electron chi connectivity index (χ2n) is 6.62. The Labute approximate surface area is 147 Å². The Kier molecular flexibility index (Phi) is 5.48. The van der Waals surface area contributed by atoms with E-state index >= 15 is 0 Å². The number of hydrogen-bond acceptors (Lipinski definition) is 4. The minimum Gasteiger partial charge on any atom is -0.392 e. The van der Waals surface area contributed by atoms with E-state index in [0.29, 0.717) is 18.5 Å². The van der Waals surface area contributed by atoms with Crippen LogP contribution >= 0.6 is 0 Å². The zero-order valence-corrected chi connectivity index (χ0v) is 14.2. The number of aliphatic hydroxyl groups is 2. The highest BCUT2D eigenvalue weighted by atomic mass is 16.3. The summed E-state index contributed by atoms with van der Waals surface area (Å²) >= 11 is 0. The smallest absolute Gasteiger partial charge is 0.251 e. The number of piperidine rings is 1. The number of hydrogen-bond donors (Lipinski definition) is 4. The molecule has 5 nitrogen and oxygen atoms in total. The molecule has 4 N–H and O–H groups in total. The van der Waals surface area contributed by atoms with Crippen molar-refractivity contribution < 1.29 is 15.0 Å². The first-order chi connectivity index (χ1) is 12.1. The average molecular weight is 340 g/mol. The molecule has 0 radical (unpaired) electrons. The summed E-state index contributed by atoms with van der Waals surface area (Å²) in [5.74, 6) is -0.187. The first kappa shape index (κ1) is 17.6. The summed E-state index contributed by atoms with van der Waals surface area (Å²) in [4.78, 5) is 12.4. The van der Waals surface area contributed by atoms with Crippen LogP contribution in [-0.2, 0) is 6.61 Å². The molecule has 1 fully saturated rings. The molecule has 0 aromatic heterocycles. The molecular formula is C20H24N2O3. The number of β-amino-alcohol motifs (C(OH)–C–C–N with tert-alkyl or cyclic N) is 1. The van der Waals surface area contributed by atoms with Crippen LogP contribution in [0.1, 0.15) is 28.8 Å². The Bertz CT molecular complexity index is 722. The van der Waals surface area contributed by atoms with Gasteiger partial charge in [-0.25, -0.2) is 0 Å². The van der Waals surface area contributed by atoms with Crippen LogP contribution < -0.4 is 10.6 Å². The highest BCUT2D eigenvalue weighted by Gasteiger charge is 2.29. The normalized spacial score (nSPS) is 20.2. The van der Waals surface area contributed by atoms with Crippen LogP contribution in [0.15, 0.2) is 48.5 Å². The standard InChI is InChI=1S/C20H24N2O3/c23-12-15-5-7-16(8-6-15)17-3-1-4-18(11-17)19(24)22-14-20(25)9-2-10-21-13-20/h1,3-8,11,21,23,25H,2,9-10,12-14H2,(H,22,24)/t20-/m0/s1. The number of carbonyl (C=O) groups excluding carboxylic acids is 1. The summed E-state index contributed by atoms with van der Waals surface area (Å²) < 4.78 is 0. The SMILES string of the molecule is O=C(NC[C@]1(O)CCCNC1)c1cccc(-c2ccc(CO)cc2)c1. The molecule has 1 heterocycles. The van der Waals surface area contributed by atoms with Gasteiger partial charge in [0, 0.05) is 18.7 Å². The van der Waals surface area contributed by atoms with E-state index in [2.05, 4.69) is 10.6 Å². The van der Waals surface area contributed by atoms with E-state index in [9.17, 15) is 9.90 Å². The lowest BCUT2D eigenvalue weighted by molar-refractivity contribution is 0.0170. The fourth-order valence-electron chi connectivity index (χ4n) is 3.09. The molecule has 25 heavy (non-hydrogen) atoms. The molecule has 0 spiro atoms. The van der Waals surface area contributed by atoms with Crippen molar-refractivity contribution in [3.8, 4) is 11.1 Å². The van der Waals surface area contributed by atoms with Crippen LogP contribution in [0.5, 0.6) is 0 Å². The van der Waals surface area contributed by atoms with Crippen LogP contribution in [0, 0.1) is 0 Å². The van der Waals surface area contributed by atoms with Crippen molar-refractivity contribution >= 4 is 5.91 Å². The fourth-order valence-corrected chi connectivity index (χ4v) is 3.09. The van der Waals surface area contributed by atoms with E-state index in [1.54, 1.807) is 6.07 Å². The molecule has 1 aliphatic rings. The lowest BCUT2D eigenvalue weighted by Gasteiger charge is -2.32. The minimum absolute atomic E-state index is 0.0144. The van der Waals surface area contributed by atoms with Crippen molar-refractivity contribution in [2.45, 2.75) is 25.0 Å². The summed E-state index contributed by atoms with van der Waals surface area (Å²) in [7, 11) is 0. The van der Waals surface area contributed by atoms with Gasteiger partial charge in [-0.05, 0) is 48.2 Å². The number of carbonyl (C=O) groups is 1. The van der Waals surface area contributed by atoms with Gasteiger partial charge in [0.1, 0.15) is 0 Å². The van der Waals surface area contributed by atoms with Gasteiger partial charge in [-0.3, -0.25) is 4.79 Å². The molecule has 3 rings (SSSR count). The summed E-state index contributed by atoms with van der Waals surface area (Å²) in [6.45, 7) is 1.67. The number of rotatable bonds is 5. The monoisotopic (exact) mass is 340 g/mol. The van der Waals surface area contributed by atoms with Crippen LogP contribution in [0.3, 0.4) is 0 Å². The Morgan fingerprint density at radius 2 is 1.96 bits per heavy atom. The van der Waals surface area contributed by atoms with Crippen molar-refractivity contribution in [1.29, 1.82) is 0 Å². The summed E-state index contributed by atoms with van der Waals surface area (Å²) in [6.07, 6.45) is 1.60. The van der Waals surface area contributed by atoms with Gasteiger partial charge in [-0.15, -0.1) is 0 Å². The van der Waals surface area contributed by atoms with E-state index in [-0.39, 0.29) is 19.1 Å². The molecule has 1 amide bonds. The molecule has 1 atom stereocenters. The quantitative estimate of drug-likeness (QED) is 0.668. The third kappa shape index (κ3) is 4.45. The van der Waals surface area contributed by atoms with E-state index in [1.165, 1.54) is 0 Å². The molecule has 1 aliphatic heterocycles. The van der Waals surface area contributed by atoms with Crippen molar-refractivity contribution in [1.82, 2.24) is 10.6 Å². The Morgan fingerprint density at radius 3 is 2.64 bits per heavy atom. The van der Waals surface area contributed by atoms with Gasteiger partial charge in [-0.1, -0.05) is 36.4 Å². The first-order valence-corrected chi connectivity index (χ1v) is 8.61. The van der Waals surface area contributed by atoms with E-state index < -0.39 is 5.60 Å². The van der Waals surface area contributed by atoms with Crippen LogP contribution in [0.2, 0.25) is 0 Å². The molecule has 2 aromatic carbocycles. The molecule has 5 heteroatoms. The maximum absolute atomic E-state index is 12.4. The number of aliphatic hydroxyl groups excluding tert-OH is 1. The van der Waals surface area contributed by atoms with Crippen LogP contribution in [0.25, 0.3) is 11.1 Å². The van der Waals surface area contributed by atoms with E-state index in [1.807, 2.05) is 42.5 Å². The Morgan fingerprint density at radius 1 is 1.16 bits per heavy atom. The predicted molar refractivity (Wildman–Crippen MR) is 97.2 cm³/mol. The first-order valence-electron chi connectivity index (χ1n) is 8.61. The maximum atomic E-state index is 12.4. The average Bonchev–Trinajstić information content (AvgIpc) is 2.67. The van der Waals surface area contributed by atoms with Crippen molar-refractivity contribution in [3.05, 3.63) is 59.7 Å². The number of amides is 1. The number of nitrogens with one attached hydrogen (secondary N) is 2. The van der Waals surface area contributed by atoms with Crippen molar-refractivity contribution in [2.75, 3.05) is 19.6 Å². The van der Waals surface area contributed by atoms with Crippen LogP contribution in [0.4, 0.5) is 0 Å². The van der Waals surface area contributed by atoms with Crippen LogP contribution in [-0.4, -0.2) is 41.4 Å². The second kappa shape index (κ2) is 7.78. The zero-order chi connectivity index (χ0) is 17.7. The Balaban J connectivity index is 1.68. The van der Waals surface area contributed by atoms with E-state index in [4.69, 9.17) is 5.11 Å². The molecule has 0 unspecified atom stereocenters. The molecule has 2 aromatic rings. The highest BCUT2D eigenvalue weighted by molar-refractivity contribution is 5.95. The maximum Gasteiger partial charge on any atom is 0.251 e. The lowest BCUT2D eigenvalue weighted by atomic mass is 9.94. The molecule has 1 saturated heterocycles. The van der Waals surface area contributed by atoms with Gasteiger partial charge in [0.2, 0.25) is 0 Å². The third-order valence-electron chi connectivity index (χ3n) is 4.62. The summed E-state index contributed by atoms with van der Waals surface area (Å²) in [5.41, 5.74) is 2.48. The molecule has 0 bridgehead atoms. The minimum atomic E-state index is -0.869. The van der Waals surface area contributed by atoms with Gasteiger partial charge in [0.25, 0.3) is 5.91 Å². The fraction of sp³-hybridized carbons (Fsp3) is 0.350. The largest absolute Gasteiger partial charge is 0.392 e. The predicted octanol–water partition coefficient (Wildman–Crippen LogP) is 1.69. The molecule has 132 valence electrons. The third-order valence-corrected chi connectivity index (χ3v) is 4.62.